The van der Waals surface area contributed by atoms with Gasteiger partial charge >= 0.3 is 6.09 Å². The van der Waals surface area contributed by atoms with Crippen LogP contribution in [0.5, 0.6) is 0 Å². The zero-order valence-electron chi connectivity index (χ0n) is 14.6. The van der Waals surface area contributed by atoms with Gasteiger partial charge in [0, 0.05) is 42.6 Å². The molecular formula is C19H25N3O2. The number of aromatic nitrogens is 1. The molecule has 0 saturated carbocycles. The van der Waals surface area contributed by atoms with Gasteiger partial charge in [0.25, 0.3) is 0 Å². The highest BCUT2D eigenvalue weighted by atomic mass is 16.6. The van der Waals surface area contributed by atoms with Gasteiger partial charge in [0.05, 0.1) is 0 Å². The predicted octanol–water partition coefficient (Wildman–Crippen LogP) is 4.05. The quantitative estimate of drug-likeness (QED) is 0.904. The average Bonchev–Trinajstić information content (AvgIpc) is 2.54. The summed E-state index contributed by atoms with van der Waals surface area (Å²) in [5, 5.41) is 5.90. The van der Waals surface area contributed by atoms with Gasteiger partial charge in [0.2, 0.25) is 0 Å². The van der Waals surface area contributed by atoms with E-state index in [1.165, 1.54) is 5.39 Å². The smallest absolute Gasteiger partial charge is 0.410 e. The number of anilines is 1. The summed E-state index contributed by atoms with van der Waals surface area (Å²) in [6.45, 7) is 7.14. The lowest BCUT2D eigenvalue weighted by Gasteiger charge is -2.34. The van der Waals surface area contributed by atoms with Gasteiger partial charge in [-0.05, 0) is 57.2 Å². The molecule has 0 unspecified atom stereocenters. The molecule has 0 spiro atoms. The lowest BCUT2D eigenvalue weighted by atomic mass is 10.0. The topological polar surface area (TPSA) is 54.5 Å². The highest BCUT2D eigenvalue weighted by molar-refractivity contribution is 5.84. The minimum atomic E-state index is -0.438. The number of amides is 1. The molecule has 1 N–H and O–H groups in total. The summed E-state index contributed by atoms with van der Waals surface area (Å²) in [7, 11) is 0. The fourth-order valence-electron chi connectivity index (χ4n) is 2.94. The van der Waals surface area contributed by atoms with Crippen molar-refractivity contribution in [3.05, 3.63) is 36.7 Å². The molecule has 1 fully saturated rings. The Morgan fingerprint density at radius 3 is 2.67 bits per heavy atom. The van der Waals surface area contributed by atoms with E-state index in [2.05, 4.69) is 28.5 Å². The van der Waals surface area contributed by atoms with Crippen molar-refractivity contribution < 1.29 is 9.53 Å². The van der Waals surface area contributed by atoms with Crippen LogP contribution in [0.15, 0.2) is 36.7 Å². The van der Waals surface area contributed by atoms with Gasteiger partial charge < -0.3 is 15.0 Å². The summed E-state index contributed by atoms with van der Waals surface area (Å²) in [5.74, 6) is 0. The molecule has 1 amide bonds. The van der Waals surface area contributed by atoms with Crippen LogP contribution in [0, 0.1) is 0 Å². The van der Waals surface area contributed by atoms with Crippen molar-refractivity contribution in [2.24, 2.45) is 0 Å². The van der Waals surface area contributed by atoms with Gasteiger partial charge in [-0.2, -0.15) is 0 Å². The van der Waals surface area contributed by atoms with E-state index in [1.54, 1.807) is 4.90 Å². The van der Waals surface area contributed by atoms with Gasteiger partial charge in [0.15, 0.2) is 0 Å². The van der Waals surface area contributed by atoms with Gasteiger partial charge in [0.1, 0.15) is 5.60 Å². The first-order valence-corrected chi connectivity index (χ1v) is 8.49. The van der Waals surface area contributed by atoms with Crippen molar-refractivity contribution in [3.63, 3.8) is 0 Å². The largest absolute Gasteiger partial charge is 0.444 e. The molecule has 0 aliphatic carbocycles. The number of piperidine rings is 1. The number of rotatable bonds is 2. The normalized spacial score (nSPS) is 16.2. The highest BCUT2D eigenvalue weighted by Gasteiger charge is 2.26. The van der Waals surface area contributed by atoms with Crippen molar-refractivity contribution in [3.8, 4) is 0 Å². The van der Waals surface area contributed by atoms with Crippen molar-refractivity contribution in [2.45, 2.75) is 45.3 Å². The summed E-state index contributed by atoms with van der Waals surface area (Å²) in [6.07, 6.45) is 5.32. The maximum absolute atomic E-state index is 12.1. The van der Waals surface area contributed by atoms with Crippen molar-refractivity contribution in [1.82, 2.24) is 9.88 Å². The van der Waals surface area contributed by atoms with E-state index in [4.69, 9.17) is 4.74 Å². The number of pyridine rings is 1. The summed E-state index contributed by atoms with van der Waals surface area (Å²) in [6, 6.07) is 8.72. The molecule has 128 valence electrons. The Bertz CT molecular complexity index is 716. The number of carbonyl (C=O) groups is 1. The molecule has 1 saturated heterocycles. The van der Waals surface area contributed by atoms with Crippen LogP contribution in [0.25, 0.3) is 10.8 Å². The van der Waals surface area contributed by atoms with Gasteiger partial charge in [-0.3, -0.25) is 4.98 Å². The third-order valence-electron chi connectivity index (χ3n) is 4.16. The highest BCUT2D eigenvalue weighted by Crippen LogP contribution is 2.22. The number of hydrogen-bond acceptors (Lipinski definition) is 4. The standard InChI is InChI=1S/C19H25N3O2/c1-19(2,3)24-18(23)22-10-7-16(8-11-22)21-17-5-4-15-13-20-9-6-14(15)12-17/h4-6,9,12-13,16,21H,7-8,10-11H2,1-3H3. The van der Waals surface area contributed by atoms with Crippen LogP contribution in [-0.4, -0.2) is 40.7 Å². The maximum atomic E-state index is 12.1. The molecule has 0 atom stereocenters. The number of carbonyl (C=O) groups excluding carboxylic acids is 1. The molecule has 1 aromatic heterocycles. The average molecular weight is 327 g/mol. The molecule has 5 heteroatoms. The number of hydrogen-bond donors (Lipinski definition) is 1. The first-order valence-electron chi connectivity index (χ1n) is 8.49. The minimum Gasteiger partial charge on any atom is -0.444 e. The number of fused-ring (bicyclic) bond motifs is 1. The van der Waals surface area contributed by atoms with E-state index in [0.717, 1.165) is 37.0 Å². The second-order valence-corrected chi connectivity index (χ2v) is 7.32. The van der Waals surface area contributed by atoms with E-state index in [0.29, 0.717) is 6.04 Å². The van der Waals surface area contributed by atoms with Crippen LogP contribution in [0.3, 0.4) is 0 Å². The van der Waals surface area contributed by atoms with E-state index in [9.17, 15) is 4.79 Å². The maximum Gasteiger partial charge on any atom is 0.410 e. The second-order valence-electron chi connectivity index (χ2n) is 7.32. The van der Waals surface area contributed by atoms with Crippen LogP contribution >= 0.6 is 0 Å². The van der Waals surface area contributed by atoms with Gasteiger partial charge in [-0.25, -0.2) is 4.79 Å². The number of ether oxygens (including phenoxy) is 1. The molecule has 1 aliphatic rings. The monoisotopic (exact) mass is 327 g/mol. The number of nitrogens with zero attached hydrogens (tertiary/aromatic N) is 2. The van der Waals surface area contributed by atoms with Crippen LogP contribution in [0.2, 0.25) is 0 Å². The second kappa shape index (κ2) is 6.67. The SMILES string of the molecule is CC(C)(C)OC(=O)N1CCC(Nc2ccc3cnccc3c2)CC1. The summed E-state index contributed by atoms with van der Waals surface area (Å²) in [4.78, 5) is 18.0. The zero-order chi connectivity index (χ0) is 17.2. The van der Waals surface area contributed by atoms with Crippen molar-refractivity contribution in [1.29, 1.82) is 0 Å². The third kappa shape index (κ3) is 4.16. The molecule has 1 aliphatic heterocycles. The first kappa shape index (κ1) is 16.6. The lowest BCUT2D eigenvalue weighted by molar-refractivity contribution is 0.0210. The van der Waals surface area contributed by atoms with E-state index >= 15 is 0 Å². The summed E-state index contributed by atoms with van der Waals surface area (Å²) < 4.78 is 5.44. The molecule has 2 aromatic rings. The molecule has 24 heavy (non-hydrogen) atoms. The number of benzene rings is 1. The molecule has 3 rings (SSSR count). The van der Waals surface area contributed by atoms with E-state index in [-0.39, 0.29) is 6.09 Å². The van der Waals surface area contributed by atoms with Gasteiger partial charge in [-0.15, -0.1) is 0 Å². The minimum absolute atomic E-state index is 0.209. The zero-order valence-corrected chi connectivity index (χ0v) is 14.6. The molecular weight excluding hydrogens is 302 g/mol. The molecule has 0 bridgehead atoms. The molecule has 0 radical (unpaired) electrons. The first-order chi connectivity index (χ1) is 11.4. The lowest BCUT2D eigenvalue weighted by Crippen LogP contribution is -2.44. The number of likely N-dealkylation sites (tertiary alicyclic amines) is 1. The Kier molecular flexibility index (Phi) is 4.60. The van der Waals surface area contributed by atoms with Crippen molar-refractivity contribution in [2.75, 3.05) is 18.4 Å². The van der Waals surface area contributed by atoms with Crippen LogP contribution < -0.4 is 5.32 Å². The van der Waals surface area contributed by atoms with E-state index in [1.807, 2.05) is 39.2 Å². The molecule has 2 heterocycles. The van der Waals surface area contributed by atoms with E-state index < -0.39 is 5.60 Å². The van der Waals surface area contributed by atoms with Crippen LogP contribution in [0.4, 0.5) is 10.5 Å². The molecule has 1 aromatic carbocycles. The Morgan fingerprint density at radius 2 is 1.96 bits per heavy atom. The van der Waals surface area contributed by atoms with Crippen LogP contribution in [0.1, 0.15) is 33.6 Å². The number of nitrogens with one attached hydrogen (secondary N) is 1. The Morgan fingerprint density at radius 1 is 1.21 bits per heavy atom. The Balaban J connectivity index is 1.55. The predicted molar refractivity (Wildman–Crippen MR) is 96.2 cm³/mol. The summed E-state index contributed by atoms with van der Waals surface area (Å²) in [5.41, 5.74) is 0.677. The summed E-state index contributed by atoms with van der Waals surface area (Å²) >= 11 is 0. The fourth-order valence-corrected chi connectivity index (χ4v) is 2.94. The van der Waals surface area contributed by atoms with Gasteiger partial charge in [-0.1, -0.05) is 6.07 Å². The van der Waals surface area contributed by atoms with Crippen LogP contribution in [-0.2, 0) is 4.74 Å². The third-order valence-corrected chi connectivity index (χ3v) is 4.16. The molecule has 5 nitrogen and oxygen atoms in total. The Hall–Kier alpha value is -2.30. The van der Waals surface area contributed by atoms with Crippen molar-refractivity contribution >= 4 is 22.6 Å². The fraction of sp³-hybridized carbons (Fsp3) is 0.474. The Labute approximate surface area is 143 Å².